The van der Waals surface area contributed by atoms with Crippen LogP contribution in [0.4, 0.5) is 5.69 Å². The molecule has 0 heterocycles. The molecule has 0 aliphatic heterocycles. The van der Waals surface area contributed by atoms with Gasteiger partial charge in [0.2, 0.25) is 11.8 Å². The molecule has 0 aliphatic rings. The third-order valence-electron chi connectivity index (χ3n) is 3.06. The van der Waals surface area contributed by atoms with Crippen LogP contribution in [0.25, 0.3) is 0 Å². The first-order chi connectivity index (χ1) is 11.1. The molecule has 8 nitrogen and oxygen atoms in total. The van der Waals surface area contributed by atoms with E-state index in [-0.39, 0.29) is 23.4 Å². The topological polar surface area (TPSA) is 119 Å². The highest BCUT2D eigenvalue weighted by atomic mass is 32.2. The minimum absolute atomic E-state index is 0.0787. The van der Waals surface area contributed by atoms with Gasteiger partial charge in [-0.2, -0.15) is 0 Å². The summed E-state index contributed by atoms with van der Waals surface area (Å²) in [7, 11) is -2.08. The Kier molecular flexibility index (Phi) is 6.90. The Bertz CT molecular complexity index is 729. The van der Waals surface area contributed by atoms with Crippen LogP contribution in [-0.4, -0.2) is 51.4 Å². The average molecular weight is 356 g/mol. The zero-order valence-electron chi connectivity index (χ0n) is 13.7. The summed E-state index contributed by atoms with van der Waals surface area (Å²) in [5.74, 6) is -1.97. The van der Waals surface area contributed by atoms with Crippen LogP contribution in [0.5, 0.6) is 0 Å². The molecule has 2 amide bonds. The summed E-state index contributed by atoms with van der Waals surface area (Å²) in [6.45, 7) is 1.23. The Morgan fingerprint density at radius 3 is 2.38 bits per heavy atom. The highest BCUT2D eigenvalue weighted by Crippen LogP contribution is 2.16. The molecule has 0 aliphatic carbocycles. The molecule has 1 rings (SSSR count). The van der Waals surface area contributed by atoms with Crippen LogP contribution in [-0.2, 0) is 24.2 Å². The largest absolute Gasteiger partial charge is 0.465 e. The highest BCUT2D eigenvalue weighted by molar-refractivity contribution is 7.90. The van der Waals surface area contributed by atoms with Crippen LogP contribution in [0, 0.1) is 0 Å². The predicted octanol–water partition coefficient (Wildman–Crippen LogP) is 0.351. The normalized spacial score (nSPS) is 12.1. The number of methoxy groups -OCH3 is 1. The Balaban J connectivity index is 2.96. The van der Waals surface area contributed by atoms with Crippen molar-refractivity contribution in [1.29, 1.82) is 0 Å². The fourth-order valence-corrected chi connectivity index (χ4v) is 2.61. The van der Waals surface area contributed by atoms with E-state index in [2.05, 4.69) is 15.4 Å². The van der Waals surface area contributed by atoms with Gasteiger partial charge in [-0.15, -0.1) is 0 Å². The summed E-state index contributed by atoms with van der Waals surface area (Å²) in [6, 6.07) is 5.17. The molecule has 0 bridgehead atoms. The lowest BCUT2D eigenvalue weighted by atomic mass is 10.1. The fraction of sp³-hybridized carbons (Fsp3) is 0.400. The molecule has 0 spiro atoms. The molecular weight excluding hydrogens is 336 g/mol. The van der Waals surface area contributed by atoms with Gasteiger partial charge >= 0.3 is 5.97 Å². The van der Waals surface area contributed by atoms with Crippen molar-refractivity contribution in [3.8, 4) is 0 Å². The van der Waals surface area contributed by atoms with E-state index in [1.54, 1.807) is 12.1 Å². The molecule has 1 aromatic rings. The van der Waals surface area contributed by atoms with Gasteiger partial charge in [-0.05, 0) is 18.6 Å². The number of carbonyl (C=O) groups is 3. The van der Waals surface area contributed by atoms with Crippen LogP contribution in [0.3, 0.4) is 0 Å². The van der Waals surface area contributed by atoms with Crippen molar-refractivity contribution in [1.82, 2.24) is 5.32 Å². The SMILES string of the molecule is COC(=O)c1ccccc1NC(=O)[C@@H](CCS(C)(=O)=O)NC(C)=O. The summed E-state index contributed by atoms with van der Waals surface area (Å²) in [6.07, 6.45) is 0.965. The van der Waals surface area contributed by atoms with Crippen LogP contribution >= 0.6 is 0 Å². The van der Waals surface area contributed by atoms with E-state index in [1.165, 1.54) is 26.2 Å². The number of sulfone groups is 1. The number of esters is 1. The van der Waals surface area contributed by atoms with Crippen molar-refractivity contribution in [2.45, 2.75) is 19.4 Å². The highest BCUT2D eigenvalue weighted by Gasteiger charge is 2.23. The molecule has 132 valence electrons. The average Bonchev–Trinajstić information content (AvgIpc) is 2.49. The van der Waals surface area contributed by atoms with Crippen molar-refractivity contribution in [3.63, 3.8) is 0 Å². The van der Waals surface area contributed by atoms with Gasteiger partial charge in [-0.1, -0.05) is 12.1 Å². The zero-order valence-corrected chi connectivity index (χ0v) is 14.5. The van der Waals surface area contributed by atoms with Crippen LogP contribution in [0.1, 0.15) is 23.7 Å². The fourth-order valence-electron chi connectivity index (χ4n) is 1.95. The number of para-hydroxylation sites is 1. The summed E-state index contributed by atoms with van der Waals surface area (Å²) in [5, 5.41) is 4.92. The number of rotatable bonds is 7. The molecule has 0 unspecified atom stereocenters. The van der Waals surface area contributed by atoms with E-state index >= 15 is 0 Å². The van der Waals surface area contributed by atoms with Crippen LogP contribution in [0.15, 0.2) is 24.3 Å². The Hall–Kier alpha value is -2.42. The van der Waals surface area contributed by atoms with Gasteiger partial charge in [-0.3, -0.25) is 9.59 Å². The minimum atomic E-state index is -3.29. The second-order valence-electron chi connectivity index (χ2n) is 5.20. The van der Waals surface area contributed by atoms with E-state index in [1.807, 2.05) is 0 Å². The number of hydrogen-bond acceptors (Lipinski definition) is 6. The predicted molar refractivity (Wildman–Crippen MR) is 88.3 cm³/mol. The standard InChI is InChI=1S/C15H20N2O6S/c1-10(18)16-13(8-9-24(3,21)22)14(19)17-12-7-5-4-6-11(12)15(20)23-2/h4-7,13H,8-9H2,1-3H3,(H,16,18)(H,17,19)/t13-/m1/s1. The molecule has 0 fully saturated rings. The number of hydrogen-bond donors (Lipinski definition) is 2. The number of benzene rings is 1. The molecule has 9 heteroatoms. The second-order valence-corrected chi connectivity index (χ2v) is 7.46. The van der Waals surface area contributed by atoms with Crippen LogP contribution < -0.4 is 10.6 Å². The second kappa shape index (κ2) is 8.44. The number of nitrogens with one attached hydrogen (secondary N) is 2. The summed E-state index contributed by atoms with van der Waals surface area (Å²) in [5.41, 5.74) is 0.363. The maximum atomic E-state index is 12.4. The number of amides is 2. The lowest BCUT2D eigenvalue weighted by Crippen LogP contribution is -2.44. The monoisotopic (exact) mass is 356 g/mol. The molecule has 0 saturated carbocycles. The number of anilines is 1. The van der Waals surface area contributed by atoms with Gasteiger partial charge in [0.15, 0.2) is 0 Å². The van der Waals surface area contributed by atoms with Gasteiger partial charge in [0.1, 0.15) is 15.9 Å². The number of carbonyl (C=O) groups excluding carboxylic acids is 3. The van der Waals surface area contributed by atoms with Crippen molar-refractivity contribution < 1.29 is 27.5 Å². The first kappa shape index (κ1) is 19.6. The third kappa shape index (κ3) is 6.37. The Morgan fingerprint density at radius 2 is 1.83 bits per heavy atom. The van der Waals surface area contributed by atoms with E-state index < -0.39 is 33.7 Å². The quantitative estimate of drug-likeness (QED) is 0.681. The van der Waals surface area contributed by atoms with Gasteiger partial charge in [0.05, 0.1) is 24.1 Å². The van der Waals surface area contributed by atoms with E-state index in [0.717, 1.165) is 6.26 Å². The molecule has 1 atom stereocenters. The van der Waals surface area contributed by atoms with Gasteiger partial charge in [0.25, 0.3) is 0 Å². The Labute approximate surface area is 140 Å². The van der Waals surface area contributed by atoms with Gasteiger partial charge < -0.3 is 15.4 Å². The van der Waals surface area contributed by atoms with E-state index in [0.29, 0.717) is 0 Å². The minimum Gasteiger partial charge on any atom is -0.465 e. The Morgan fingerprint density at radius 1 is 1.21 bits per heavy atom. The molecule has 0 saturated heterocycles. The zero-order chi connectivity index (χ0) is 18.3. The third-order valence-corrected chi connectivity index (χ3v) is 4.04. The maximum Gasteiger partial charge on any atom is 0.339 e. The molecular formula is C15H20N2O6S. The van der Waals surface area contributed by atoms with Crippen molar-refractivity contribution in [2.75, 3.05) is 24.4 Å². The molecule has 0 aromatic heterocycles. The van der Waals surface area contributed by atoms with Gasteiger partial charge in [0, 0.05) is 13.2 Å². The van der Waals surface area contributed by atoms with Crippen molar-refractivity contribution >= 4 is 33.3 Å². The van der Waals surface area contributed by atoms with E-state index in [4.69, 9.17) is 0 Å². The lowest BCUT2D eigenvalue weighted by molar-refractivity contribution is -0.125. The first-order valence-electron chi connectivity index (χ1n) is 7.07. The van der Waals surface area contributed by atoms with Crippen molar-refractivity contribution in [2.24, 2.45) is 0 Å². The summed E-state index contributed by atoms with van der Waals surface area (Å²) < 4.78 is 27.2. The molecule has 1 aromatic carbocycles. The number of ether oxygens (including phenoxy) is 1. The van der Waals surface area contributed by atoms with Gasteiger partial charge in [-0.25, -0.2) is 13.2 Å². The molecule has 24 heavy (non-hydrogen) atoms. The van der Waals surface area contributed by atoms with Crippen molar-refractivity contribution in [3.05, 3.63) is 29.8 Å². The van der Waals surface area contributed by atoms with E-state index in [9.17, 15) is 22.8 Å². The summed E-state index contributed by atoms with van der Waals surface area (Å²) in [4.78, 5) is 35.3. The smallest absolute Gasteiger partial charge is 0.339 e. The maximum absolute atomic E-state index is 12.4. The summed E-state index contributed by atoms with van der Waals surface area (Å²) >= 11 is 0. The lowest BCUT2D eigenvalue weighted by Gasteiger charge is -2.18. The first-order valence-corrected chi connectivity index (χ1v) is 9.13. The van der Waals surface area contributed by atoms with Crippen LogP contribution in [0.2, 0.25) is 0 Å². The molecule has 2 N–H and O–H groups in total. The molecule has 0 radical (unpaired) electrons.